The van der Waals surface area contributed by atoms with E-state index >= 15 is 0 Å². The second kappa shape index (κ2) is 9.87. The second-order valence-electron chi connectivity index (χ2n) is 8.78. The molecule has 1 aliphatic rings. The van der Waals surface area contributed by atoms with E-state index in [1.54, 1.807) is 0 Å². The number of hydrogen-bond donors (Lipinski definition) is 2. The molecule has 0 saturated carbocycles. The van der Waals surface area contributed by atoms with Crippen LogP contribution in [0.1, 0.15) is 40.9 Å². The zero-order valence-corrected chi connectivity index (χ0v) is 19.1. The van der Waals surface area contributed by atoms with E-state index in [1.807, 2.05) is 54.6 Å². The van der Waals surface area contributed by atoms with Crippen molar-refractivity contribution in [2.45, 2.75) is 38.5 Å². The van der Waals surface area contributed by atoms with E-state index in [-0.39, 0.29) is 5.91 Å². The number of amides is 1. The van der Waals surface area contributed by atoms with E-state index in [4.69, 9.17) is 15.7 Å². The van der Waals surface area contributed by atoms with Gasteiger partial charge in [-0.25, -0.2) is 9.97 Å². The molecule has 34 heavy (non-hydrogen) atoms. The highest BCUT2D eigenvalue weighted by Crippen LogP contribution is 2.34. The van der Waals surface area contributed by atoms with Crippen LogP contribution in [-0.4, -0.2) is 15.9 Å². The number of aromatic nitrogens is 2. The molecule has 170 valence electrons. The molecule has 5 rings (SSSR count). The molecule has 0 unspecified atom stereocenters. The molecule has 0 saturated heterocycles. The average Bonchev–Trinajstić information content (AvgIpc) is 2.85. The van der Waals surface area contributed by atoms with Crippen molar-refractivity contribution < 1.29 is 4.79 Å². The average molecular weight is 449 g/mol. The first kappa shape index (κ1) is 21.8. The molecular weight excluding hydrogens is 420 g/mol. The molecule has 3 N–H and O–H groups in total. The molecule has 0 spiro atoms. The molecule has 1 amide bonds. The van der Waals surface area contributed by atoms with Gasteiger partial charge in [0.05, 0.1) is 17.1 Å². The van der Waals surface area contributed by atoms with Crippen LogP contribution in [0.25, 0.3) is 11.3 Å². The van der Waals surface area contributed by atoms with E-state index in [0.29, 0.717) is 18.7 Å². The molecule has 5 heteroatoms. The number of rotatable bonds is 7. The van der Waals surface area contributed by atoms with Gasteiger partial charge in [0.1, 0.15) is 0 Å². The fraction of sp³-hybridized carbons (Fsp3) is 0.207. The number of nitrogens with zero attached hydrogens (tertiary/aromatic N) is 2. The number of nitrogen functional groups attached to an aromatic ring is 1. The number of carbonyl (C=O) groups excluding carboxylic acids is 1. The summed E-state index contributed by atoms with van der Waals surface area (Å²) in [7, 11) is 0. The second-order valence-corrected chi connectivity index (χ2v) is 8.78. The Morgan fingerprint density at radius 1 is 0.882 bits per heavy atom. The number of aryl methyl sites for hydroxylation is 3. The van der Waals surface area contributed by atoms with Crippen molar-refractivity contribution >= 4 is 17.4 Å². The largest absolute Gasteiger partial charge is 0.399 e. The van der Waals surface area contributed by atoms with E-state index in [1.165, 1.54) is 11.1 Å². The third kappa shape index (κ3) is 4.99. The Balaban J connectivity index is 1.40. The highest BCUT2D eigenvalue weighted by Gasteiger charge is 2.22. The summed E-state index contributed by atoms with van der Waals surface area (Å²) in [5.74, 6) is 0.551. The molecule has 1 heterocycles. The first-order valence-electron chi connectivity index (χ1n) is 11.8. The molecular formula is C29H28N4O. The molecule has 0 atom stereocenters. The zero-order valence-electron chi connectivity index (χ0n) is 19.1. The standard InChI is InChI=1S/C29H28N4O/c30-23-15-16-24-22(19-23)14-17-25-28(24)31-26(18-21-10-5-2-6-11-21)29(32-25)33-27(34)13-7-12-20-8-3-1-4-9-20/h1-6,8-11,15-16,19H,7,12-14,17-18,30H2,(H,32,33,34). The predicted molar refractivity (Wildman–Crippen MR) is 137 cm³/mol. The summed E-state index contributed by atoms with van der Waals surface area (Å²) in [6.45, 7) is 0. The Kier molecular flexibility index (Phi) is 6.34. The first-order valence-corrected chi connectivity index (χ1v) is 11.8. The number of anilines is 2. The lowest BCUT2D eigenvalue weighted by molar-refractivity contribution is -0.116. The molecule has 1 aromatic heterocycles. The van der Waals surface area contributed by atoms with Crippen molar-refractivity contribution in [3.63, 3.8) is 0 Å². The van der Waals surface area contributed by atoms with Gasteiger partial charge in [-0.3, -0.25) is 4.79 Å². The molecule has 0 radical (unpaired) electrons. The van der Waals surface area contributed by atoms with Gasteiger partial charge < -0.3 is 11.1 Å². The molecule has 3 aromatic carbocycles. The highest BCUT2D eigenvalue weighted by atomic mass is 16.1. The fourth-order valence-electron chi connectivity index (χ4n) is 4.50. The minimum atomic E-state index is -0.0246. The minimum Gasteiger partial charge on any atom is -0.399 e. The Morgan fingerprint density at radius 3 is 2.38 bits per heavy atom. The van der Waals surface area contributed by atoms with E-state index in [9.17, 15) is 4.79 Å². The summed E-state index contributed by atoms with van der Waals surface area (Å²) in [6.07, 6.45) is 4.36. The van der Waals surface area contributed by atoms with Gasteiger partial charge in [-0.05, 0) is 54.5 Å². The van der Waals surface area contributed by atoms with Gasteiger partial charge in [0, 0.05) is 24.1 Å². The third-order valence-electron chi connectivity index (χ3n) is 6.24. The number of carbonyl (C=O) groups is 1. The first-order chi connectivity index (χ1) is 16.7. The Labute approximate surface area is 200 Å². The molecule has 1 aliphatic carbocycles. The molecule has 0 aliphatic heterocycles. The van der Waals surface area contributed by atoms with Crippen molar-refractivity contribution in [3.8, 4) is 11.3 Å². The highest BCUT2D eigenvalue weighted by molar-refractivity contribution is 5.90. The van der Waals surface area contributed by atoms with Gasteiger partial charge in [-0.15, -0.1) is 0 Å². The van der Waals surface area contributed by atoms with Crippen LogP contribution < -0.4 is 11.1 Å². The van der Waals surface area contributed by atoms with E-state index < -0.39 is 0 Å². The van der Waals surface area contributed by atoms with E-state index in [0.717, 1.165) is 59.6 Å². The lowest BCUT2D eigenvalue weighted by atomic mass is 9.91. The van der Waals surface area contributed by atoms with Crippen LogP contribution in [0.2, 0.25) is 0 Å². The van der Waals surface area contributed by atoms with Gasteiger partial charge in [-0.2, -0.15) is 0 Å². The Bertz CT molecular complexity index is 1300. The van der Waals surface area contributed by atoms with Crippen molar-refractivity contribution in [2.24, 2.45) is 0 Å². The van der Waals surface area contributed by atoms with E-state index in [2.05, 4.69) is 29.6 Å². The summed E-state index contributed by atoms with van der Waals surface area (Å²) < 4.78 is 0. The van der Waals surface area contributed by atoms with Crippen molar-refractivity contribution in [1.82, 2.24) is 9.97 Å². The monoisotopic (exact) mass is 448 g/mol. The number of nitrogens with two attached hydrogens (primary N) is 1. The molecule has 4 aromatic rings. The van der Waals surface area contributed by atoms with Gasteiger partial charge >= 0.3 is 0 Å². The molecule has 0 fully saturated rings. The fourth-order valence-corrected chi connectivity index (χ4v) is 4.50. The van der Waals surface area contributed by atoms with Crippen LogP contribution in [0.5, 0.6) is 0 Å². The molecule has 5 nitrogen and oxygen atoms in total. The summed E-state index contributed by atoms with van der Waals surface area (Å²) in [5, 5.41) is 3.07. The van der Waals surface area contributed by atoms with Crippen molar-refractivity contribution in [2.75, 3.05) is 11.1 Å². The minimum absolute atomic E-state index is 0.0246. The van der Waals surface area contributed by atoms with Crippen LogP contribution in [0.3, 0.4) is 0 Å². The predicted octanol–water partition coefficient (Wildman–Crippen LogP) is 5.38. The van der Waals surface area contributed by atoms with Crippen LogP contribution in [0, 0.1) is 0 Å². The van der Waals surface area contributed by atoms with Crippen LogP contribution in [0.15, 0.2) is 78.9 Å². The van der Waals surface area contributed by atoms with Gasteiger partial charge in [0.2, 0.25) is 5.91 Å². The SMILES string of the molecule is Nc1ccc2c(c1)CCc1nc(NC(=O)CCCc3ccccc3)c(Cc3ccccc3)nc1-2. The number of benzene rings is 3. The summed E-state index contributed by atoms with van der Waals surface area (Å²) >= 11 is 0. The van der Waals surface area contributed by atoms with Gasteiger partial charge in [0.25, 0.3) is 0 Å². The third-order valence-corrected chi connectivity index (χ3v) is 6.24. The number of fused-ring (bicyclic) bond motifs is 3. The summed E-state index contributed by atoms with van der Waals surface area (Å²) in [5.41, 5.74) is 14.0. The summed E-state index contributed by atoms with van der Waals surface area (Å²) in [4.78, 5) is 22.8. The quantitative estimate of drug-likeness (QED) is 0.372. The maximum absolute atomic E-state index is 12.8. The topological polar surface area (TPSA) is 80.9 Å². The lowest BCUT2D eigenvalue weighted by Gasteiger charge is -2.21. The summed E-state index contributed by atoms with van der Waals surface area (Å²) in [6, 6.07) is 26.4. The zero-order chi connectivity index (χ0) is 23.3. The Morgan fingerprint density at radius 2 is 1.62 bits per heavy atom. The maximum Gasteiger partial charge on any atom is 0.225 e. The van der Waals surface area contributed by atoms with Crippen LogP contribution >= 0.6 is 0 Å². The van der Waals surface area contributed by atoms with Crippen molar-refractivity contribution in [3.05, 3.63) is 107 Å². The Hall–Kier alpha value is -3.99. The van der Waals surface area contributed by atoms with Crippen LogP contribution in [-0.2, 0) is 30.5 Å². The van der Waals surface area contributed by atoms with Crippen molar-refractivity contribution in [1.29, 1.82) is 0 Å². The maximum atomic E-state index is 12.8. The van der Waals surface area contributed by atoms with Crippen LogP contribution in [0.4, 0.5) is 11.5 Å². The molecule has 0 bridgehead atoms. The van der Waals surface area contributed by atoms with Gasteiger partial charge in [-0.1, -0.05) is 66.7 Å². The number of nitrogens with one attached hydrogen (secondary N) is 1. The smallest absolute Gasteiger partial charge is 0.225 e. The normalized spacial score (nSPS) is 12.0. The number of hydrogen-bond acceptors (Lipinski definition) is 4. The van der Waals surface area contributed by atoms with Gasteiger partial charge in [0.15, 0.2) is 5.82 Å². The lowest BCUT2D eigenvalue weighted by Crippen LogP contribution is -2.18.